The summed E-state index contributed by atoms with van der Waals surface area (Å²) in [7, 11) is 0. The van der Waals surface area contributed by atoms with E-state index in [4.69, 9.17) is 4.74 Å². The van der Waals surface area contributed by atoms with E-state index in [0.717, 1.165) is 30.2 Å². The fourth-order valence-electron chi connectivity index (χ4n) is 2.65. The van der Waals surface area contributed by atoms with Gasteiger partial charge in [0.25, 0.3) is 0 Å². The number of rotatable bonds is 4. The molecule has 1 unspecified atom stereocenters. The lowest BCUT2D eigenvalue weighted by molar-refractivity contribution is 0.357. The van der Waals surface area contributed by atoms with Crippen LogP contribution in [0.15, 0.2) is 36.4 Å². The van der Waals surface area contributed by atoms with Gasteiger partial charge >= 0.3 is 0 Å². The first-order chi connectivity index (χ1) is 10.2. The third kappa shape index (κ3) is 2.71. The minimum Gasteiger partial charge on any atom is -0.493 e. The molecule has 2 nitrogen and oxygen atoms in total. The van der Waals surface area contributed by atoms with Crippen LogP contribution in [-0.2, 0) is 6.42 Å². The summed E-state index contributed by atoms with van der Waals surface area (Å²) in [5, 5.41) is 3.09. The Bertz CT molecular complexity index is 657. The van der Waals surface area contributed by atoms with E-state index in [1.807, 2.05) is 19.1 Å². The minimum atomic E-state index is -0.836. The SMILES string of the molecule is CCC(Nc1cccc(F)c1F)c1ccc2c(c1)CCO2. The lowest BCUT2D eigenvalue weighted by Gasteiger charge is -2.20. The molecule has 0 saturated heterocycles. The molecule has 110 valence electrons. The summed E-state index contributed by atoms with van der Waals surface area (Å²) in [6.07, 6.45) is 1.67. The van der Waals surface area contributed by atoms with Gasteiger partial charge in [-0.3, -0.25) is 0 Å². The highest BCUT2D eigenvalue weighted by atomic mass is 19.2. The van der Waals surface area contributed by atoms with Gasteiger partial charge in [-0.1, -0.05) is 19.1 Å². The molecular weight excluding hydrogens is 272 g/mol. The van der Waals surface area contributed by atoms with E-state index in [2.05, 4.69) is 11.4 Å². The van der Waals surface area contributed by atoms with Crippen molar-refractivity contribution in [2.45, 2.75) is 25.8 Å². The summed E-state index contributed by atoms with van der Waals surface area (Å²) in [5.41, 5.74) is 2.43. The van der Waals surface area contributed by atoms with E-state index in [9.17, 15) is 8.78 Å². The van der Waals surface area contributed by atoms with Gasteiger partial charge < -0.3 is 10.1 Å². The molecule has 0 bridgehead atoms. The minimum absolute atomic E-state index is 0.0628. The van der Waals surface area contributed by atoms with E-state index in [0.29, 0.717) is 6.61 Å². The largest absolute Gasteiger partial charge is 0.493 e. The van der Waals surface area contributed by atoms with Gasteiger partial charge in [-0.05, 0) is 41.8 Å². The summed E-state index contributed by atoms with van der Waals surface area (Å²) in [6.45, 7) is 2.72. The molecular formula is C17H17F2NO. The number of ether oxygens (including phenoxy) is 1. The molecule has 2 aromatic rings. The van der Waals surface area contributed by atoms with Crippen LogP contribution in [0.2, 0.25) is 0 Å². The van der Waals surface area contributed by atoms with Crippen LogP contribution < -0.4 is 10.1 Å². The maximum absolute atomic E-state index is 13.8. The predicted molar refractivity (Wildman–Crippen MR) is 78.7 cm³/mol. The topological polar surface area (TPSA) is 21.3 Å². The third-order valence-electron chi connectivity index (χ3n) is 3.81. The van der Waals surface area contributed by atoms with Gasteiger partial charge in [0.2, 0.25) is 0 Å². The fourth-order valence-corrected chi connectivity index (χ4v) is 2.65. The molecule has 0 radical (unpaired) electrons. The molecule has 0 aliphatic carbocycles. The van der Waals surface area contributed by atoms with Crippen LogP contribution >= 0.6 is 0 Å². The van der Waals surface area contributed by atoms with Crippen molar-refractivity contribution >= 4 is 5.69 Å². The molecule has 4 heteroatoms. The van der Waals surface area contributed by atoms with E-state index in [1.54, 1.807) is 6.07 Å². The molecule has 2 aromatic carbocycles. The second kappa shape index (κ2) is 5.72. The van der Waals surface area contributed by atoms with Gasteiger partial charge in [-0.15, -0.1) is 0 Å². The maximum Gasteiger partial charge on any atom is 0.181 e. The Morgan fingerprint density at radius 1 is 1.24 bits per heavy atom. The van der Waals surface area contributed by atoms with Gasteiger partial charge in [0.05, 0.1) is 18.3 Å². The Morgan fingerprint density at radius 3 is 2.90 bits per heavy atom. The molecule has 1 heterocycles. The van der Waals surface area contributed by atoms with Crippen molar-refractivity contribution < 1.29 is 13.5 Å². The summed E-state index contributed by atoms with van der Waals surface area (Å²) in [4.78, 5) is 0. The Hall–Kier alpha value is -2.10. The molecule has 0 amide bonds. The first-order valence-electron chi connectivity index (χ1n) is 7.15. The van der Waals surface area contributed by atoms with E-state index < -0.39 is 11.6 Å². The van der Waals surface area contributed by atoms with Crippen LogP contribution in [-0.4, -0.2) is 6.61 Å². The van der Waals surface area contributed by atoms with Crippen molar-refractivity contribution in [2.24, 2.45) is 0 Å². The molecule has 21 heavy (non-hydrogen) atoms. The summed E-state index contributed by atoms with van der Waals surface area (Å²) in [5.74, 6) is -0.747. The summed E-state index contributed by atoms with van der Waals surface area (Å²) < 4.78 is 32.6. The van der Waals surface area contributed by atoms with Crippen LogP contribution in [0, 0.1) is 11.6 Å². The lowest BCUT2D eigenvalue weighted by Crippen LogP contribution is -2.11. The average molecular weight is 289 g/mol. The Balaban J connectivity index is 1.87. The predicted octanol–water partition coefficient (Wildman–Crippen LogP) is 4.46. The molecule has 1 N–H and O–H groups in total. The third-order valence-corrected chi connectivity index (χ3v) is 3.81. The van der Waals surface area contributed by atoms with E-state index in [-0.39, 0.29) is 11.7 Å². The van der Waals surface area contributed by atoms with Crippen LogP contribution in [0.1, 0.15) is 30.5 Å². The van der Waals surface area contributed by atoms with E-state index >= 15 is 0 Å². The van der Waals surface area contributed by atoms with E-state index in [1.165, 1.54) is 11.6 Å². The van der Waals surface area contributed by atoms with Crippen LogP contribution in [0.3, 0.4) is 0 Å². The smallest absolute Gasteiger partial charge is 0.181 e. The average Bonchev–Trinajstić information content (AvgIpc) is 2.96. The number of benzene rings is 2. The van der Waals surface area contributed by atoms with Crippen LogP contribution in [0.4, 0.5) is 14.5 Å². The molecule has 0 fully saturated rings. The standard InChI is InChI=1S/C17H17F2NO/c1-2-14(20-15-5-3-4-13(18)17(15)19)11-6-7-16-12(10-11)8-9-21-16/h3-7,10,14,20H,2,8-9H2,1H3. The van der Waals surface area contributed by atoms with Crippen molar-refractivity contribution in [3.63, 3.8) is 0 Å². The Kier molecular flexibility index (Phi) is 3.78. The van der Waals surface area contributed by atoms with Crippen molar-refractivity contribution in [1.82, 2.24) is 0 Å². The quantitative estimate of drug-likeness (QED) is 0.897. The number of hydrogen-bond donors (Lipinski definition) is 1. The second-order valence-corrected chi connectivity index (χ2v) is 5.17. The molecule has 3 rings (SSSR count). The molecule has 0 aromatic heterocycles. The van der Waals surface area contributed by atoms with Gasteiger partial charge in [0, 0.05) is 6.42 Å². The van der Waals surface area contributed by atoms with Crippen molar-refractivity contribution in [3.8, 4) is 5.75 Å². The first kappa shape index (κ1) is 13.9. The zero-order valence-electron chi connectivity index (χ0n) is 11.8. The van der Waals surface area contributed by atoms with Crippen LogP contribution in [0.25, 0.3) is 0 Å². The molecule has 1 aliphatic rings. The Morgan fingerprint density at radius 2 is 2.10 bits per heavy atom. The Labute approximate surface area is 122 Å². The zero-order valence-corrected chi connectivity index (χ0v) is 11.8. The lowest BCUT2D eigenvalue weighted by atomic mass is 10.0. The van der Waals surface area contributed by atoms with Crippen molar-refractivity contribution in [2.75, 3.05) is 11.9 Å². The number of halogens is 2. The molecule has 1 aliphatic heterocycles. The second-order valence-electron chi connectivity index (χ2n) is 5.17. The molecule has 0 saturated carbocycles. The monoisotopic (exact) mass is 289 g/mol. The zero-order chi connectivity index (χ0) is 14.8. The fraction of sp³-hybridized carbons (Fsp3) is 0.294. The molecule has 0 spiro atoms. The highest BCUT2D eigenvalue weighted by Crippen LogP contribution is 2.31. The summed E-state index contributed by atoms with van der Waals surface area (Å²) >= 11 is 0. The highest BCUT2D eigenvalue weighted by Gasteiger charge is 2.17. The van der Waals surface area contributed by atoms with Gasteiger partial charge in [0.1, 0.15) is 5.75 Å². The number of fused-ring (bicyclic) bond motifs is 1. The van der Waals surface area contributed by atoms with Gasteiger partial charge in [-0.25, -0.2) is 8.78 Å². The number of hydrogen-bond acceptors (Lipinski definition) is 2. The summed E-state index contributed by atoms with van der Waals surface area (Å²) in [6, 6.07) is 10.1. The van der Waals surface area contributed by atoms with Crippen molar-refractivity contribution in [3.05, 3.63) is 59.2 Å². The molecule has 1 atom stereocenters. The van der Waals surface area contributed by atoms with Gasteiger partial charge in [0.15, 0.2) is 11.6 Å². The highest BCUT2D eigenvalue weighted by molar-refractivity contribution is 5.49. The first-order valence-corrected chi connectivity index (χ1v) is 7.15. The normalized spacial score (nSPS) is 14.4. The maximum atomic E-state index is 13.8. The van der Waals surface area contributed by atoms with Crippen molar-refractivity contribution in [1.29, 1.82) is 0 Å². The van der Waals surface area contributed by atoms with Crippen LogP contribution in [0.5, 0.6) is 5.75 Å². The van der Waals surface area contributed by atoms with Gasteiger partial charge in [-0.2, -0.15) is 0 Å². The number of nitrogens with one attached hydrogen (secondary N) is 1. The number of anilines is 1.